The van der Waals surface area contributed by atoms with Crippen molar-refractivity contribution in [3.63, 3.8) is 0 Å². The minimum atomic E-state index is -3.65. The maximum atomic E-state index is 12.6. The van der Waals surface area contributed by atoms with E-state index >= 15 is 0 Å². The molecule has 2 aliphatic rings. The van der Waals surface area contributed by atoms with Crippen LogP contribution in [0.25, 0.3) is 0 Å². The van der Waals surface area contributed by atoms with Crippen LogP contribution in [0.15, 0.2) is 45.8 Å². The molecule has 0 bridgehead atoms. The summed E-state index contributed by atoms with van der Waals surface area (Å²) in [7, 11) is -1.87. The number of sulfonamides is 1. The molecule has 1 atom stereocenters. The molecule has 4 rings (SSSR count). The summed E-state index contributed by atoms with van der Waals surface area (Å²) < 4.78 is 30.1. The molecule has 136 valence electrons. The van der Waals surface area contributed by atoms with Gasteiger partial charge in [0.2, 0.25) is 5.91 Å². The Bertz CT molecular complexity index is 995. The Labute approximate surface area is 151 Å². The fourth-order valence-corrected chi connectivity index (χ4v) is 4.64. The third kappa shape index (κ3) is 2.98. The standard InChI is InChI=1S/C17H19N5O3S/c1-21-10-8-15(19-21)18-17(23)12-5-4-9-22(11-12)16-13-6-2-3-7-14(13)26(24,25)20-16/h2-3,6-8,10,12H,4-5,9,11H2,1H3,(H,18,19,23)/t12-/m0/s1. The first-order valence-electron chi connectivity index (χ1n) is 8.44. The quantitative estimate of drug-likeness (QED) is 0.854. The summed E-state index contributed by atoms with van der Waals surface area (Å²) in [5, 5.41) is 6.98. The van der Waals surface area contributed by atoms with Gasteiger partial charge in [0.05, 0.1) is 5.92 Å². The smallest absolute Gasteiger partial charge is 0.285 e. The molecule has 0 spiro atoms. The van der Waals surface area contributed by atoms with Crippen molar-refractivity contribution < 1.29 is 13.2 Å². The summed E-state index contributed by atoms with van der Waals surface area (Å²) in [6, 6.07) is 8.55. The van der Waals surface area contributed by atoms with Crippen molar-refractivity contribution in [3.8, 4) is 0 Å². The number of piperidine rings is 1. The van der Waals surface area contributed by atoms with E-state index in [0.29, 0.717) is 30.3 Å². The van der Waals surface area contributed by atoms with Crippen molar-refractivity contribution >= 4 is 27.6 Å². The van der Waals surface area contributed by atoms with Crippen LogP contribution in [-0.4, -0.2) is 47.9 Å². The van der Waals surface area contributed by atoms with Gasteiger partial charge in [-0.15, -0.1) is 4.40 Å². The lowest BCUT2D eigenvalue weighted by molar-refractivity contribution is -0.121. The van der Waals surface area contributed by atoms with Crippen molar-refractivity contribution in [2.45, 2.75) is 17.7 Å². The summed E-state index contributed by atoms with van der Waals surface area (Å²) in [5.41, 5.74) is 0.610. The highest BCUT2D eigenvalue weighted by molar-refractivity contribution is 7.90. The van der Waals surface area contributed by atoms with E-state index in [1.165, 1.54) is 0 Å². The fraction of sp³-hybridized carbons (Fsp3) is 0.353. The number of likely N-dealkylation sites (tertiary alicyclic amines) is 1. The lowest BCUT2D eigenvalue weighted by Crippen LogP contribution is -2.43. The van der Waals surface area contributed by atoms with Gasteiger partial charge in [-0.1, -0.05) is 12.1 Å². The summed E-state index contributed by atoms with van der Waals surface area (Å²) in [6.07, 6.45) is 3.30. The zero-order valence-electron chi connectivity index (χ0n) is 14.3. The summed E-state index contributed by atoms with van der Waals surface area (Å²) in [5.74, 6) is 0.601. The van der Waals surface area contributed by atoms with Crippen LogP contribution in [0, 0.1) is 5.92 Å². The molecule has 1 saturated heterocycles. The second-order valence-electron chi connectivity index (χ2n) is 6.54. The van der Waals surface area contributed by atoms with E-state index in [1.54, 1.807) is 48.3 Å². The van der Waals surface area contributed by atoms with Gasteiger partial charge in [-0.25, -0.2) is 0 Å². The van der Waals surface area contributed by atoms with Crippen LogP contribution in [0.4, 0.5) is 5.82 Å². The Hall–Kier alpha value is -2.68. The maximum Gasteiger partial charge on any atom is 0.285 e. The number of nitrogens with zero attached hydrogens (tertiary/aromatic N) is 4. The number of rotatable bonds is 2. The molecule has 26 heavy (non-hydrogen) atoms. The van der Waals surface area contributed by atoms with Gasteiger partial charge in [0, 0.05) is 38.0 Å². The first kappa shape index (κ1) is 16.8. The van der Waals surface area contributed by atoms with Gasteiger partial charge >= 0.3 is 0 Å². The third-order valence-electron chi connectivity index (χ3n) is 4.67. The molecule has 0 radical (unpaired) electrons. The topological polar surface area (TPSA) is 96.7 Å². The minimum absolute atomic E-state index is 0.108. The van der Waals surface area contributed by atoms with Crippen molar-refractivity contribution in [1.82, 2.24) is 14.7 Å². The molecule has 0 aliphatic carbocycles. The monoisotopic (exact) mass is 373 g/mol. The highest BCUT2D eigenvalue weighted by atomic mass is 32.2. The molecule has 8 nitrogen and oxygen atoms in total. The Morgan fingerprint density at radius 2 is 2.08 bits per heavy atom. The van der Waals surface area contributed by atoms with Crippen molar-refractivity contribution in [1.29, 1.82) is 0 Å². The molecule has 1 aromatic carbocycles. The van der Waals surface area contributed by atoms with Crippen LogP contribution in [-0.2, 0) is 21.9 Å². The number of anilines is 1. The minimum Gasteiger partial charge on any atom is -0.355 e. The number of nitrogens with one attached hydrogen (secondary N) is 1. The number of carbonyl (C=O) groups excluding carboxylic acids is 1. The van der Waals surface area contributed by atoms with Gasteiger partial charge in [-0.3, -0.25) is 9.48 Å². The molecular weight excluding hydrogens is 354 g/mol. The molecule has 1 aromatic heterocycles. The molecule has 2 aliphatic heterocycles. The van der Waals surface area contributed by atoms with E-state index in [1.807, 2.05) is 4.90 Å². The normalized spacial score (nSPS) is 21.2. The van der Waals surface area contributed by atoms with E-state index < -0.39 is 10.0 Å². The van der Waals surface area contributed by atoms with Gasteiger partial charge in [-0.05, 0) is 25.0 Å². The van der Waals surface area contributed by atoms with Crippen molar-refractivity contribution in [3.05, 3.63) is 42.1 Å². The first-order chi connectivity index (χ1) is 12.4. The Morgan fingerprint density at radius 3 is 2.85 bits per heavy atom. The largest absolute Gasteiger partial charge is 0.355 e. The number of hydrogen-bond donors (Lipinski definition) is 1. The average Bonchev–Trinajstić information content (AvgIpc) is 3.16. The molecule has 1 N–H and O–H groups in total. The molecular formula is C17H19N5O3S. The number of benzene rings is 1. The van der Waals surface area contributed by atoms with E-state index in [9.17, 15) is 13.2 Å². The Kier molecular flexibility index (Phi) is 4.03. The molecule has 1 fully saturated rings. The van der Waals surface area contributed by atoms with E-state index in [2.05, 4.69) is 14.8 Å². The predicted molar refractivity (Wildman–Crippen MR) is 96.3 cm³/mol. The number of hydrogen-bond acceptors (Lipinski definition) is 5. The lowest BCUT2D eigenvalue weighted by Gasteiger charge is -2.33. The SMILES string of the molecule is Cn1ccc(NC(=O)[C@H]2CCCN(C3=NS(=O)(=O)c4ccccc43)C2)n1. The molecule has 3 heterocycles. The second kappa shape index (κ2) is 6.24. The zero-order valence-corrected chi connectivity index (χ0v) is 15.1. The number of amides is 1. The van der Waals surface area contributed by atoms with Crippen LogP contribution in [0.3, 0.4) is 0 Å². The number of fused-ring (bicyclic) bond motifs is 1. The summed E-state index contributed by atoms with van der Waals surface area (Å²) in [4.78, 5) is 14.7. The van der Waals surface area contributed by atoms with Gasteiger partial charge in [0.25, 0.3) is 10.0 Å². The third-order valence-corrected chi connectivity index (χ3v) is 5.99. The fourth-order valence-electron chi connectivity index (χ4n) is 3.41. The molecule has 0 saturated carbocycles. The maximum absolute atomic E-state index is 12.6. The van der Waals surface area contributed by atoms with Gasteiger partial charge in [0.1, 0.15) is 4.90 Å². The number of amidine groups is 1. The van der Waals surface area contributed by atoms with Crippen molar-refractivity contribution in [2.24, 2.45) is 17.4 Å². The highest BCUT2D eigenvalue weighted by Gasteiger charge is 2.35. The van der Waals surface area contributed by atoms with Crippen LogP contribution >= 0.6 is 0 Å². The van der Waals surface area contributed by atoms with Crippen LogP contribution < -0.4 is 5.32 Å². The second-order valence-corrected chi connectivity index (χ2v) is 8.11. The first-order valence-corrected chi connectivity index (χ1v) is 9.88. The molecule has 0 unspecified atom stereocenters. The molecule has 2 aromatic rings. The predicted octanol–water partition coefficient (Wildman–Crippen LogP) is 1.22. The number of aromatic nitrogens is 2. The van der Waals surface area contributed by atoms with Crippen molar-refractivity contribution in [2.75, 3.05) is 18.4 Å². The molecule has 1 amide bonds. The number of aryl methyl sites for hydroxylation is 1. The lowest BCUT2D eigenvalue weighted by atomic mass is 9.96. The van der Waals surface area contributed by atoms with Crippen LogP contribution in [0.1, 0.15) is 18.4 Å². The summed E-state index contributed by atoms with van der Waals surface area (Å²) >= 11 is 0. The van der Waals surface area contributed by atoms with E-state index in [4.69, 9.17) is 0 Å². The van der Waals surface area contributed by atoms with Gasteiger partial charge in [0.15, 0.2) is 11.7 Å². The molecule has 9 heteroatoms. The highest BCUT2D eigenvalue weighted by Crippen LogP contribution is 2.29. The Morgan fingerprint density at radius 1 is 1.27 bits per heavy atom. The zero-order chi connectivity index (χ0) is 18.3. The summed E-state index contributed by atoms with van der Waals surface area (Å²) in [6.45, 7) is 1.11. The average molecular weight is 373 g/mol. The van der Waals surface area contributed by atoms with Crippen LogP contribution in [0.5, 0.6) is 0 Å². The van der Waals surface area contributed by atoms with E-state index in [0.717, 1.165) is 12.8 Å². The van der Waals surface area contributed by atoms with Crippen LogP contribution in [0.2, 0.25) is 0 Å². The van der Waals surface area contributed by atoms with Gasteiger partial charge in [-0.2, -0.15) is 13.5 Å². The Balaban J connectivity index is 1.53. The number of carbonyl (C=O) groups is 1. The van der Waals surface area contributed by atoms with Gasteiger partial charge < -0.3 is 10.2 Å². The van der Waals surface area contributed by atoms with E-state index in [-0.39, 0.29) is 16.7 Å².